The van der Waals surface area contributed by atoms with E-state index in [0.717, 1.165) is 12.0 Å². The SMILES string of the molecule is CCCOc1cccc(C(=O)N2CCNC(=O)C2CC(=O)OCCc2ccccc2)c1. The van der Waals surface area contributed by atoms with Gasteiger partial charge in [-0.1, -0.05) is 43.3 Å². The first-order chi connectivity index (χ1) is 15.1. The van der Waals surface area contributed by atoms with Crippen LogP contribution in [-0.4, -0.2) is 55.0 Å². The maximum absolute atomic E-state index is 13.1. The molecule has 2 aromatic rings. The number of benzene rings is 2. The molecule has 0 radical (unpaired) electrons. The van der Waals surface area contributed by atoms with Crippen molar-refractivity contribution in [2.45, 2.75) is 32.2 Å². The molecule has 0 spiro atoms. The lowest BCUT2D eigenvalue weighted by atomic mass is 10.1. The number of esters is 1. The van der Waals surface area contributed by atoms with Crippen molar-refractivity contribution in [1.82, 2.24) is 10.2 Å². The summed E-state index contributed by atoms with van der Waals surface area (Å²) < 4.78 is 10.9. The Kier molecular flexibility index (Phi) is 8.04. The largest absolute Gasteiger partial charge is 0.494 e. The summed E-state index contributed by atoms with van der Waals surface area (Å²) in [6.07, 6.45) is 1.27. The zero-order valence-electron chi connectivity index (χ0n) is 17.7. The van der Waals surface area contributed by atoms with Crippen molar-refractivity contribution in [3.63, 3.8) is 0 Å². The summed E-state index contributed by atoms with van der Waals surface area (Å²) in [5.41, 5.74) is 1.48. The smallest absolute Gasteiger partial charge is 0.308 e. The van der Waals surface area contributed by atoms with E-state index in [-0.39, 0.29) is 24.8 Å². The molecule has 1 N–H and O–H groups in total. The molecule has 7 heteroatoms. The van der Waals surface area contributed by atoms with Gasteiger partial charge < -0.3 is 19.7 Å². The van der Waals surface area contributed by atoms with Gasteiger partial charge in [0.15, 0.2) is 0 Å². The third-order valence-electron chi connectivity index (χ3n) is 5.00. The number of hydrogen-bond donors (Lipinski definition) is 1. The number of piperazine rings is 1. The molecular weight excluding hydrogens is 396 g/mol. The van der Waals surface area contributed by atoms with Crippen LogP contribution in [0, 0.1) is 0 Å². The van der Waals surface area contributed by atoms with E-state index < -0.39 is 12.0 Å². The molecule has 3 rings (SSSR count). The molecule has 0 bridgehead atoms. The second kappa shape index (κ2) is 11.2. The van der Waals surface area contributed by atoms with E-state index in [1.54, 1.807) is 24.3 Å². The number of carbonyl (C=O) groups excluding carboxylic acids is 3. The fourth-order valence-corrected chi connectivity index (χ4v) is 3.41. The third kappa shape index (κ3) is 6.31. The van der Waals surface area contributed by atoms with Gasteiger partial charge in [0.25, 0.3) is 5.91 Å². The van der Waals surface area contributed by atoms with Crippen molar-refractivity contribution >= 4 is 17.8 Å². The van der Waals surface area contributed by atoms with Gasteiger partial charge in [0.1, 0.15) is 11.8 Å². The molecule has 1 heterocycles. The first-order valence-electron chi connectivity index (χ1n) is 10.6. The lowest BCUT2D eigenvalue weighted by Crippen LogP contribution is -2.57. The van der Waals surface area contributed by atoms with Crippen LogP contribution in [0.15, 0.2) is 54.6 Å². The Morgan fingerprint density at radius 2 is 1.90 bits per heavy atom. The number of rotatable bonds is 9. The summed E-state index contributed by atoms with van der Waals surface area (Å²) >= 11 is 0. The average Bonchev–Trinajstić information content (AvgIpc) is 2.79. The molecule has 31 heavy (non-hydrogen) atoms. The van der Waals surface area contributed by atoms with Gasteiger partial charge in [-0.2, -0.15) is 0 Å². The Bertz CT molecular complexity index is 900. The Hall–Kier alpha value is -3.35. The number of hydrogen-bond acceptors (Lipinski definition) is 5. The molecule has 1 aliphatic heterocycles. The highest BCUT2D eigenvalue weighted by molar-refractivity contribution is 5.99. The number of ether oxygens (including phenoxy) is 2. The molecule has 1 fully saturated rings. The van der Waals surface area contributed by atoms with Crippen LogP contribution in [0.4, 0.5) is 0 Å². The highest BCUT2D eigenvalue weighted by atomic mass is 16.5. The van der Waals surface area contributed by atoms with Gasteiger partial charge in [0.2, 0.25) is 5.91 Å². The normalized spacial score (nSPS) is 15.8. The van der Waals surface area contributed by atoms with Crippen LogP contribution >= 0.6 is 0 Å². The quantitative estimate of drug-likeness (QED) is 0.626. The summed E-state index contributed by atoms with van der Waals surface area (Å²) in [6.45, 7) is 3.46. The summed E-state index contributed by atoms with van der Waals surface area (Å²) in [6, 6.07) is 15.7. The first-order valence-corrected chi connectivity index (χ1v) is 10.6. The number of nitrogens with one attached hydrogen (secondary N) is 1. The lowest BCUT2D eigenvalue weighted by Gasteiger charge is -2.34. The number of nitrogens with zero attached hydrogens (tertiary/aromatic N) is 1. The molecule has 2 aromatic carbocycles. The number of carbonyl (C=O) groups is 3. The Labute approximate surface area is 182 Å². The standard InChI is InChI=1S/C24H28N2O5/c1-2-14-30-20-10-6-9-19(16-20)24(29)26-13-12-25-23(28)21(26)17-22(27)31-15-11-18-7-4-3-5-8-18/h3-10,16,21H,2,11-15,17H2,1H3,(H,25,28). The maximum atomic E-state index is 13.1. The zero-order chi connectivity index (χ0) is 22.1. The topological polar surface area (TPSA) is 84.9 Å². The van der Waals surface area contributed by atoms with E-state index in [2.05, 4.69) is 5.32 Å². The minimum Gasteiger partial charge on any atom is -0.494 e. The molecule has 0 aromatic heterocycles. The van der Waals surface area contributed by atoms with Gasteiger partial charge in [0.05, 0.1) is 19.6 Å². The van der Waals surface area contributed by atoms with Gasteiger partial charge in [-0.15, -0.1) is 0 Å². The summed E-state index contributed by atoms with van der Waals surface area (Å²) in [5.74, 6) is -0.557. The zero-order valence-corrected chi connectivity index (χ0v) is 17.7. The fourth-order valence-electron chi connectivity index (χ4n) is 3.41. The fraction of sp³-hybridized carbons (Fsp3) is 0.375. The molecule has 1 unspecified atom stereocenters. The molecule has 0 saturated carbocycles. The minimum atomic E-state index is -0.898. The van der Waals surface area contributed by atoms with Crippen LogP contribution in [0.3, 0.4) is 0 Å². The highest BCUT2D eigenvalue weighted by Gasteiger charge is 2.35. The molecule has 7 nitrogen and oxygen atoms in total. The third-order valence-corrected chi connectivity index (χ3v) is 5.00. The maximum Gasteiger partial charge on any atom is 0.308 e. The van der Waals surface area contributed by atoms with Crippen LogP contribution in [0.25, 0.3) is 0 Å². The van der Waals surface area contributed by atoms with E-state index in [4.69, 9.17) is 9.47 Å². The highest BCUT2D eigenvalue weighted by Crippen LogP contribution is 2.19. The van der Waals surface area contributed by atoms with Crippen LogP contribution in [0.2, 0.25) is 0 Å². The molecule has 1 atom stereocenters. The van der Waals surface area contributed by atoms with Gasteiger partial charge in [-0.3, -0.25) is 14.4 Å². The van der Waals surface area contributed by atoms with E-state index >= 15 is 0 Å². The van der Waals surface area contributed by atoms with Crippen molar-refractivity contribution in [3.8, 4) is 5.75 Å². The second-order valence-corrected chi connectivity index (χ2v) is 7.34. The first kappa shape index (κ1) is 22.3. The van der Waals surface area contributed by atoms with E-state index in [1.165, 1.54) is 4.90 Å². The van der Waals surface area contributed by atoms with Crippen LogP contribution < -0.4 is 10.1 Å². The van der Waals surface area contributed by atoms with E-state index in [0.29, 0.717) is 37.4 Å². The van der Waals surface area contributed by atoms with Gasteiger partial charge in [0, 0.05) is 25.1 Å². The summed E-state index contributed by atoms with van der Waals surface area (Å²) in [4.78, 5) is 39.3. The molecule has 2 amide bonds. The molecule has 1 saturated heterocycles. The minimum absolute atomic E-state index is 0.182. The Morgan fingerprint density at radius 3 is 2.68 bits per heavy atom. The van der Waals surface area contributed by atoms with Crippen LogP contribution in [0.1, 0.15) is 35.7 Å². The van der Waals surface area contributed by atoms with Crippen molar-refractivity contribution in [2.24, 2.45) is 0 Å². The predicted molar refractivity (Wildman–Crippen MR) is 116 cm³/mol. The van der Waals surface area contributed by atoms with Gasteiger partial charge >= 0.3 is 5.97 Å². The van der Waals surface area contributed by atoms with Gasteiger partial charge in [-0.25, -0.2) is 0 Å². The summed E-state index contributed by atoms with van der Waals surface area (Å²) in [7, 11) is 0. The van der Waals surface area contributed by atoms with Crippen molar-refractivity contribution in [3.05, 3.63) is 65.7 Å². The van der Waals surface area contributed by atoms with E-state index in [9.17, 15) is 14.4 Å². The molecular formula is C24H28N2O5. The van der Waals surface area contributed by atoms with Crippen LogP contribution in [0.5, 0.6) is 5.75 Å². The molecule has 1 aliphatic rings. The predicted octanol–water partition coefficient (Wildman–Crippen LogP) is 2.59. The average molecular weight is 424 g/mol. The lowest BCUT2D eigenvalue weighted by molar-refractivity contribution is -0.147. The van der Waals surface area contributed by atoms with Crippen molar-refractivity contribution < 1.29 is 23.9 Å². The number of amides is 2. The summed E-state index contributed by atoms with van der Waals surface area (Å²) in [5, 5.41) is 2.73. The van der Waals surface area contributed by atoms with Crippen LogP contribution in [-0.2, 0) is 20.7 Å². The molecule has 164 valence electrons. The van der Waals surface area contributed by atoms with Crippen molar-refractivity contribution in [2.75, 3.05) is 26.3 Å². The Balaban J connectivity index is 1.62. The van der Waals surface area contributed by atoms with Gasteiger partial charge in [-0.05, 0) is 30.2 Å². The monoisotopic (exact) mass is 424 g/mol. The van der Waals surface area contributed by atoms with E-state index in [1.807, 2.05) is 37.3 Å². The Morgan fingerprint density at radius 1 is 1.10 bits per heavy atom. The second-order valence-electron chi connectivity index (χ2n) is 7.34. The van der Waals surface area contributed by atoms with Crippen molar-refractivity contribution in [1.29, 1.82) is 0 Å². The molecule has 0 aliphatic carbocycles.